The molecule has 0 N–H and O–H groups in total. The zero-order valence-electron chi connectivity index (χ0n) is 22.6. The molecule has 4 aromatic carbocycles. The average molecular weight is 540 g/mol. The maximum Gasteiger partial charge on any atom is 0.330 e. The van der Waals surface area contributed by atoms with Crippen LogP contribution < -0.4 is 4.90 Å². The van der Waals surface area contributed by atoms with Crippen LogP contribution in [0.1, 0.15) is 27.8 Å². The first-order chi connectivity index (χ1) is 20.0. The minimum Gasteiger partial charge on any atom is -0.458 e. The highest BCUT2D eigenvalue weighted by Gasteiger charge is 2.22. The third-order valence-corrected chi connectivity index (χ3v) is 7.48. The molecular formula is C36H29NO4. The minimum atomic E-state index is -0.449. The van der Waals surface area contributed by atoms with Crippen molar-refractivity contribution in [1.29, 1.82) is 0 Å². The Morgan fingerprint density at radius 1 is 0.732 bits per heavy atom. The normalized spacial score (nSPS) is 12.8. The quantitative estimate of drug-likeness (QED) is 0.160. The number of carbonyl (C=O) groups excluding carboxylic acids is 2. The van der Waals surface area contributed by atoms with E-state index in [1.807, 2.05) is 48.5 Å². The monoisotopic (exact) mass is 539 g/mol. The number of nitrogens with zero attached hydrogens (tertiary/aromatic N) is 1. The molecule has 0 fully saturated rings. The van der Waals surface area contributed by atoms with Gasteiger partial charge in [0.25, 0.3) is 0 Å². The molecule has 2 aliphatic carbocycles. The summed E-state index contributed by atoms with van der Waals surface area (Å²) in [6.07, 6.45) is 11.0. The standard InChI is InChI=1S/C36H29NO4/c1-3-33(38)40-22-24-8-16-30(17-9-24)37(31-18-10-25(11-19-31)23-41-34(39)4-2)32-20-28-14-12-26-6-5-7-27-13-15-29(21-32)36(28)35(26)27/h3-6,8-13,15-21H,1-2,7,14,22-23H2. The fourth-order valence-corrected chi connectivity index (χ4v) is 5.51. The van der Waals surface area contributed by atoms with Gasteiger partial charge >= 0.3 is 11.9 Å². The lowest BCUT2D eigenvalue weighted by molar-refractivity contribution is -0.139. The molecule has 0 spiro atoms. The maximum atomic E-state index is 11.5. The van der Waals surface area contributed by atoms with Crippen molar-refractivity contribution in [3.05, 3.63) is 144 Å². The summed E-state index contributed by atoms with van der Waals surface area (Å²) in [5.74, 6) is -0.899. The molecule has 0 atom stereocenters. The van der Waals surface area contributed by atoms with E-state index in [1.165, 1.54) is 33.0 Å². The van der Waals surface area contributed by atoms with Crippen LogP contribution >= 0.6 is 0 Å². The number of esters is 2. The number of allylic oxidation sites excluding steroid dienone is 4. The van der Waals surface area contributed by atoms with Gasteiger partial charge in [-0.25, -0.2) is 9.59 Å². The molecule has 0 saturated carbocycles. The van der Waals surface area contributed by atoms with Crippen LogP contribution in [0.3, 0.4) is 0 Å². The Labute approximate surface area is 239 Å². The van der Waals surface area contributed by atoms with Crippen LogP contribution in [0.25, 0.3) is 16.3 Å². The highest BCUT2D eigenvalue weighted by Crippen LogP contribution is 2.43. The molecule has 5 heteroatoms. The summed E-state index contributed by atoms with van der Waals surface area (Å²) in [6.45, 7) is 7.26. The number of benzene rings is 4. The molecule has 0 aliphatic heterocycles. The van der Waals surface area contributed by atoms with E-state index < -0.39 is 11.9 Å². The lowest BCUT2D eigenvalue weighted by Gasteiger charge is -2.29. The highest BCUT2D eigenvalue weighted by molar-refractivity contribution is 6.04. The molecule has 4 aromatic rings. The molecule has 5 nitrogen and oxygen atoms in total. The Morgan fingerprint density at radius 2 is 1.34 bits per heavy atom. The van der Waals surface area contributed by atoms with Crippen LogP contribution in [0.4, 0.5) is 17.1 Å². The molecule has 41 heavy (non-hydrogen) atoms. The first-order valence-electron chi connectivity index (χ1n) is 13.6. The molecular weight excluding hydrogens is 510 g/mol. The van der Waals surface area contributed by atoms with Crippen molar-refractivity contribution in [1.82, 2.24) is 0 Å². The summed E-state index contributed by atoms with van der Waals surface area (Å²) in [5.41, 5.74) is 10.1. The largest absolute Gasteiger partial charge is 0.458 e. The lowest BCUT2D eigenvalue weighted by atomic mass is 9.81. The van der Waals surface area contributed by atoms with Gasteiger partial charge in [-0.1, -0.05) is 67.8 Å². The van der Waals surface area contributed by atoms with E-state index >= 15 is 0 Å². The topological polar surface area (TPSA) is 55.8 Å². The number of hydrogen-bond donors (Lipinski definition) is 0. The Balaban J connectivity index is 1.40. The van der Waals surface area contributed by atoms with Gasteiger partial charge in [0.15, 0.2) is 0 Å². The second kappa shape index (κ2) is 11.1. The molecule has 2 aliphatic rings. The van der Waals surface area contributed by atoms with E-state index in [0.717, 1.165) is 53.2 Å². The Morgan fingerprint density at radius 3 is 1.93 bits per heavy atom. The van der Waals surface area contributed by atoms with E-state index in [4.69, 9.17) is 9.47 Å². The maximum absolute atomic E-state index is 11.5. The van der Waals surface area contributed by atoms with Crippen LogP contribution in [-0.2, 0) is 45.1 Å². The van der Waals surface area contributed by atoms with Crippen LogP contribution in [0.5, 0.6) is 0 Å². The summed E-state index contributed by atoms with van der Waals surface area (Å²) < 4.78 is 10.4. The SMILES string of the molecule is C=CC(=O)OCc1ccc(N(c2ccc(COC(=O)C=C)cc2)c2cc3c4c5c(ccc4c2)CC=CC5=CC3)cc1. The molecule has 6 rings (SSSR count). The van der Waals surface area contributed by atoms with E-state index in [2.05, 4.69) is 60.6 Å². The summed E-state index contributed by atoms with van der Waals surface area (Å²) in [5, 5.41) is 2.55. The first-order valence-corrected chi connectivity index (χ1v) is 13.6. The van der Waals surface area contributed by atoms with Gasteiger partial charge in [-0.05, 0) is 93.4 Å². The average Bonchev–Trinajstić information content (AvgIpc) is 3.02. The fraction of sp³-hybridized carbons (Fsp3) is 0.111. The number of ether oxygens (including phenoxy) is 2. The van der Waals surface area contributed by atoms with E-state index in [9.17, 15) is 9.59 Å². The zero-order valence-corrected chi connectivity index (χ0v) is 22.6. The predicted octanol–water partition coefficient (Wildman–Crippen LogP) is 7.82. The number of rotatable bonds is 9. The number of carbonyl (C=O) groups is 2. The van der Waals surface area contributed by atoms with Gasteiger partial charge in [-0.2, -0.15) is 0 Å². The van der Waals surface area contributed by atoms with Crippen LogP contribution in [0.15, 0.2) is 116 Å². The van der Waals surface area contributed by atoms with Gasteiger partial charge in [0.05, 0.1) is 0 Å². The smallest absolute Gasteiger partial charge is 0.330 e. The Bertz CT molecular complexity index is 1680. The number of hydrogen-bond acceptors (Lipinski definition) is 5. The third kappa shape index (κ3) is 5.22. The summed E-state index contributed by atoms with van der Waals surface area (Å²) in [7, 11) is 0. The van der Waals surface area contributed by atoms with Crippen molar-refractivity contribution < 1.29 is 19.1 Å². The van der Waals surface area contributed by atoms with Gasteiger partial charge in [-0.3, -0.25) is 0 Å². The van der Waals surface area contributed by atoms with Crippen LogP contribution in [-0.4, -0.2) is 11.9 Å². The Hall–Kier alpha value is -5.16. The Kier molecular flexibility index (Phi) is 7.09. The molecule has 0 amide bonds. The van der Waals surface area contributed by atoms with E-state index in [1.54, 1.807) is 0 Å². The molecule has 202 valence electrons. The van der Waals surface area contributed by atoms with Gasteiger partial charge in [0.1, 0.15) is 13.2 Å². The fourth-order valence-electron chi connectivity index (χ4n) is 5.51. The second-order valence-electron chi connectivity index (χ2n) is 10.1. The predicted molar refractivity (Wildman–Crippen MR) is 163 cm³/mol. The lowest BCUT2D eigenvalue weighted by Crippen LogP contribution is -2.12. The highest BCUT2D eigenvalue weighted by atomic mass is 16.5. The molecule has 0 aromatic heterocycles. The van der Waals surface area contributed by atoms with Crippen molar-refractivity contribution >= 4 is 45.3 Å². The van der Waals surface area contributed by atoms with E-state index in [-0.39, 0.29) is 13.2 Å². The van der Waals surface area contributed by atoms with Crippen molar-refractivity contribution in [2.45, 2.75) is 26.1 Å². The van der Waals surface area contributed by atoms with Crippen LogP contribution in [0, 0.1) is 0 Å². The van der Waals surface area contributed by atoms with Crippen molar-refractivity contribution in [2.24, 2.45) is 0 Å². The number of anilines is 3. The summed E-state index contributed by atoms with van der Waals surface area (Å²) >= 11 is 0. The molecule has 0 saturated heterocycles. The van der Waals surface area contributed by atoms with Crippen LogP contribution in [0.2, 0.25) is 0 Å². The van der Waals surface area contributed by atoms with E-state index in [0.29, 0.717) is 0 Å². The molecule has 0 bridgehead atoms. The summed E-state index contributed by atoms with van der Waals surface area (Å²) in [4.78, 5) is 25.3. The minimum absolute atomic E-state index is 0.178. The third-order valence-electron chi connectivity index (χ3n) is 7.48. The molecule has 0 unspecified atom stereocenters. The van der Waals surface area contributed by atoms with Gasteiger partial charge in [0, 0.05) is 29.2 Å². The molecule has 0 radical (unpaired) electrons. The van der Waals surface area contributed by atoms with Gasteiger partial charge < -0.3 is 14.4 Å². The second-order valence-corrected chi connectivity index (χ2v) is 10.1. The van der Waals surface area contributed by atoms with Crippen molar-refractivity contribution in [3.8, 4) is 0 Å². The first kappa shape index (κ1) is 26.1. The van der Waals surface area contributed by atoms with Gasteiger partial charge in [-0.15, -0.1) is 0 Å². The zero-order chi connectivity index (χ0) is 28.3. The van der Waals surface area contributed by atoms with Gasteiger partial charge in [0.2, 0.25) is 0 Å². The summed E-state index contributed by atoms with van der Waals surface area (Å²) in [6, 6.07) is 25.0. The van der Waals surface area contributed by atoms with Crippen molar-refractivity contribution in [2.75, 3.05) is 4.90 Å². The van der Waals surface area contributed by atoms with Crippen molar-refractivity contribution in [3.63, 3.8) is 0 Å². The molecule has 0 heterocycles.